The van der Waals surface area contributed by atoms with Crippen LogP contribution in [0, 0.1) is 11.8 Å². The Labute approximate surface area is 75.8 Å². The number of aliphatic hydroxyl groups excluding tert-OH is 3. The largest absolute Gasteiger partial charge is 0.472 e. The van der Waals surface area contributed by atoms with Crippen LogP contribution in [0.4, 0.5) is 0 Å². The molecule has 1 aliphatic carbocycles. The SMILES string of the molecule is OCC1=C[C@@H](O)[C@@H]2C=COC(O)[C@H]12. The van der Waals surface area contributed by atoms with Gasteiger partial charge in [-0.25, -0.2) is 0 Å². The lowest BCUT2D eigenvalue weighted by Crippen LogP contribution is -2.34. The van der Waals surface area contributed by atoms with Crippen LogP contribution in [0.3, 0.4) is 0 Å². The summed E-state index contributed by atoms with van der Waals surface area (Å²) in [7, 11) is 0. The highest BCUT2D eigenvalue weighted by Gasteiger charge is 2.41. The number of rotatable bonds is 1. The Kier molecular flexibility index (Phi) is 2.11. The normalized spacial score (nSPS) is 42.5. The summed E-state index contributed by atoms with van der Waals surface area (Å²) in [6.45, 7) is -0.146. The van der Waals surface area contributed by atoms with Gasteiger partial charge in [0.2, 0.25) is 6.29 Å². The molecule has 1 unspecified atom stereocenters. The zero-order chi connectivity index (χ0) is 9.42. The predicted octanol–water partition coefficient (Wildman–Crippen LogP) is -0.626. The van der Waals surface area contributed by atoms with Crippen molar-refractivity contribution in [3.05, 3.63) is 24.0 Å². The van der Waals surface area contributed by atoms with Gasteiger partial charge in [0.25, 0.3) is 0 Å². The van der Waals surface area contributed by atoms with E-state index in [9.17, 15) is 10.2 Å². The minimum absolute atomic E-state index is 0.146. The minimum atomic E-state index is -0.953. The van der Waals surface area contributed by atoms with E-state index in [1.54, 1.807) is 12.2 Å². The zero-order valence-electron chi connectivity index (χ0n) is 7.00. The van der Waals surface area contributed by atoms with E-state index in [0.29, 0.717) is 5.57 Å². The van der Waals surface area contributed by atoms with Gasteiger partial charge in [0.05, 0.1) is 24.9 Å². The molecule has 1 aliphatic heterocycles. The first kappa shape index (κ1) is 8.74. The van der Waals surface area contributed by atoms with Crippen LogP contribution in [-0.2, 0) is 4.74 Å². The smallest absolute Gasteiger partial charge is 0.203 e. The fourth-order valence-electron chi connectivity index (χ4n) is 1.97. The van der Waals surface area contributed by atoms with E-state index in [1.165, 1.54) is 6.26 Å². The first-order valence-electron chi connectivity index (χ1n) is 4.23. The molecule has 2 rings (SSSR count). The van der Waals surface area contributed by atoms with Crippen LogP contribution in [0.25, 0.3) is 0 Å². The highest BCUT2D eigenvalue weighted by Crippen LogP contribution is 2.38. The van der Waals surface area contributed by atoms with Crippen LogP contribution in [0.5, 0.6) is 0 Å². The van der Waals surface area contributed by atoms with Gasteiger partial charge in [-0.1, -0.05) is 6.08 Å². The van der Waals surface area contributed by atoms with Gasteiger partial charge in [0, 0.05) is 5.92 Å². The highest BCUT2D eigenvalue weighted by atomic mass is 16.6. The van der Waals surface area contributed by atoms with Crippen molar-refractivity contribution >= 4 is 0 Å². The molecule has 4 atom stereocenters. The lowest BCUT2D eigenvalue weighted by Gasteiger charge is -2.29. The third-order valence-corrected chi connectivity index (χ3v) is 2.63. The number of hydrogen-bond acceptors (Lipinski definition) is 4. The van der Waals surface area contributed by atoms with Crippen molar-refractivity contribution < 1.29 is 20.1 Å². The summed E-state index contributed by atoms with van der Waals surface area (Å²) in [6, 6.07) is 0. The Bertz CT molecular complexity index is 258. The summed E-state index contributed by atoms with van der Waals surface area (Å²) in [5.74, 6) is -0.462. The topological polar surface area (TPSA) is 69.9 Å². The molecule has 0 aromatic heterocycles. The van der Waals surface area contributed by atoms with Gasteiger partial charge in [-0.3, -0.25) is 0 Å². The lowest BCUT2D eigenvalue weighted by molar-refractivity contribution is -0.108. The fraction of sp³-hybridized carbons (Fsp3) is 0.556. The Hall–Kier alpha value is -0.840. The number of hydrogen-bond donors (Lipinski definition) is 3. The molecule has 0 bridgehead atoms. The van der Waals surface area contributed by atoms with Gasteiger partial charge in [0.15, 0.2) is 0 Å². The standard InChI is InChI=1S/C9H12O4/c10-4-5-3-7(11)6-1-2-13-9(12)8(5)6/h1-3,6-12H,4H2/t6-,7+,8+,9?/m0/s1. The van der Waals surface area contributed by atoms with E-state index in [-0.39, 0.29) is 18.4 Å². The van der Waals surface area contributed by atoms with E-state index < -0.39 is 12.4 Å². The maximum Gasteiger partial charge on any atom is 0.203 e. The third kappa shape index (κ3) is 1.27. The highest BCUT2D eigenvalue weighted by molar-refractivity contribution is 5.25. The van der Waals surface area contributed by atoms with Crippen LogP contribution >= 0.6 is 0 Å². The first-order valence-corrected chi connectivity index (χ1v) is 4.23. The van der Waals surface area contributed by atoms with Gasteiger partial charge in [-0.2, -0.15) is 0 Å². The minimum Gasteiger partial charge on any atom is -0.472 e. The van der Waals surface area contributed by atoms with Gasteiger partial charge in [-0.05, 0) is 11.6 Å². The average molecular weight is 184 g/mol. The maximum absolute atomic E-state index is 9.54. The van der Waals surface area contributed by atoms with Crippen molar-refractivity contribution in [2.45, 2.75) is 12.4 Å². The number of aliphatic hydroxyl groups is 3. The van der Waals surface area contributed by atoms with Gasteiger partial charge >= 0.3 is 0 Å². The maximum atomic E-state index is 9.54. The van der Waals surface area contributed by atoms with Gasteiger partial charge in [-0.15, -0.1) is 0 Å². The Morgan fingerprint density at radius 3 is 2.85 bits per heavy atom. The van der Waals surface area contributed by atoms with E-state index in [0.717, 1.165) is 0 Å². The van der Waals surface area contributed by atoms with Crippen LogP contribution in [0.15, 0.2) is 24.0 Å². The predicted molar refractivity (Wildman–Crippen MR) is 44.4 cm³/mol. The monoisotopic (exact) mass is 184 g/mol. The second-order valence-corrected chi connectivity index (χ2v) is 3.35. The van der Waals surface area contributed by atoms with Crippen molar-refractivity contribution in [1.29, 1.82) is 0 Å². The van der Waals surface area contributed by atoms with Crippen molar-refractivity contribution in [3.8, 4) is 0 Å². The Morgan fingerprint density at radius 1 is 1.38 bits per heavy atom. The molecule has 0 saturated carbocycles. The summed E-state index contributed by atoms with van der Waals surface area (Å²) < 4.78 is 4.88. The van der Waals surface area contributed by atoms with Crippen molar-refractivity contribution in [2.75, 3.05) is 6.61 Å². The number of fused-ring (bicyclic) bond motifs is 1. The summed E-state index contributed by atoms with van der Waals surface area (Å²) in [5, 5.41) is 28.0. The van der Waals surface area contributed by atoms with Crippen LogP contribution in [0.2, 0.25) is 0 Å². The molecule has 0 saturated heterocycles. The van der Waals surface area contributed by atoms with E-state index in [4.69, 9.17) is 9.84 Å². The van der Waals surface area contributed by atoms with Crippen molar-refractivity contribution in [2.24, 2.45) is 11.8 Å². The molecule has 0 aromatic carbocycles. The number of ether oxygens (including phenoxy) is 1. The molecule has 72 valence electrons. The molecule has 0 aromatic rings. The summed E-state index contributed by atoms with van der Waals surface area (Å²) >= 11 is 0. The van der Waals surface area contributed by atoms with Gasteiger partial charge in [0.1, 0.15) is 0 Å². The molecule has 0 amide bonds. The summed E-state index contributed by atoms with van der Waals surface area (Å²) in [5.41, 5.74) is 0.648. The molecule has 0 radical (unpaired) electrons. The summed E-state index contributed by atoms with van der Waals surface area (Å²) in [6.07, 6.45) is 3.11. The van der Waals surface area contributed by atoms with Gasteiger partial charge < -0.3 is 20.1 Å². The zero-order valence-corrected chi connectivity index (χ0v) is 7.00. The molecule has 4 nitrogen and oxygen atoms in total. The van der Waals surface area contributed by atoms with E-state index in [2.05, 4.69) is 0 Å². The Morgan fingerprint density at radius 2 is 2.15 bits per heavy atom. The van der Waals surface area contributed by atoms with Crippen molar-refractivity contribution in [1.82, 2.24) is 0 Å². The van der Waals surface area contributed by atoms with E-state index in [1.807, 2.05) is 0 Å². The summed E-state index contributed by atoms with van der Waals surface area (Å²) in [4.78, 5) is 0. The Balaban J connectivity index is 2.27. The lowest BCUT2D eigenvalue weighted by atomic mass is 9.88. The first-order chi connectivity index (χ1) is 6.24. The van der Waals surface area contributed by atoms with Crippen LogP contribution in [0.1, 0.15) is 0 Å². The molecule has 2 aliphatic rings. The second-order valence-electron chi connectivity index (χ2n) is 3.35. The van der Waals surface area contributed by atoms with Crippen molar-refractivity contribution in [3.63, 3.8) is 0 Å². The van der Waals surface area contributed by atoms with Crippen LogP contribution in [-0.4, -0.2) is 34.3 Å². The quantitative estimate of drug-likeness (QED) is 0.475. The average Bonchev–Trinajstić information content (AvgIpc) is 2.45. The molecule has 0 fully saturated rings. The second kappa shape index (κ2) is 3.14. The molecule has 1 heterocycles. The molecule has 0 spiro atoms. The fourth-order valence-corrected chi connectivity index (χ4v) is 1.97. The molecule has 3 N–H and O–H groups in total. The molecular weight excluding hydrogens is 172 g/mol. The molecule has 13 heavy (non-hydrogen) atoms. The van der Waals surface area contributed by atoms with E-state index >= 15 is 0 Å². The molecular formula is C9H12O4. The third-order valence-electron chi connectivity index (χ3n) is 2.63. The molecule has 4 heteroatoms. The van der Waals surface area contributed by atoms with Crippen LogP contribution < -0.4 is 0 Å².